The summed E-state index contributed by atoms with van der Waals surface area (Å²) in [5.41, 5.74) is -0.919. The Morgan fingerprint density at radius 3 is 2.50 bits per heavy atom. The van der Waals surface area contributed by atoms with E-state index in [0.717, 1.165) is 25.0 Å². The van der Waals surface area contributed by atoms with Crippen LogP contribution in [0.5, 0.6) is 0 Å². The Balaban J connectivity index is 2.41. The maximum atomic E-state index is 12.7. The number of nitrogens with zero attached hydrogens (tertiary/aromatic N) is 4. The van der Waals surface area contributed by atoms with Gasteiger partial charge in [0.05, 0.1) is 18.1 Å². The van der Waals surface area contributed by atoms with Gasteiger partial charge in [0.2, 0.25) is 0 Å². The summed E-state index contributed by atoms with van der Waals surface area (Å²) in [4.78, 5) is 5.23. The first-order chi connectivity index (χ1) is 9.47. The van der Waals surface area contributed by atoms with Crippen molar-refractivity contribution >= 4 is 5.82 Å². The molecule has 1 fully saturated rings. The van der Waals surface area contributed by atoms with Crippen LogP contribution in [0.3, 0.4) is 0 Å². The predicted octanol–water partition coefficient (Wildman–Crippen LogP) is 2.85. The largest absolute Gasteiger partial charge is 0.433 e. The molecule has 1 aromatic rings. The molecule has 1 aliphatic carbocycles. The van der Waals surface area contributed by atoms with Gasteiger partial charge in [0.15, 0.2) is 0 Å². The fourth-order valence-corrected chi connectivity index (χ4v) is 1.93. The summed E-state index contributed by atoms with van der Waals surface area (Å²) >= 11 is 0. The second-order valence-electron chi connectivity index (χ2n) is 4.51. The standard InChI is InChI=1S/C13H11F3N4/c14-13(15,16)11-5-2-9(8-18)12(19-11)20(7-1-6-17)10-3-4-10/h2,5,10H,1,3-4,7H2. The third-order valence-electron chi connectivity index (χ3n) is 3.01. The molecule has 7 heteroatoms. The Hall–Kier alpha value is -2.28. The van der Waals surface area contributed by atoms with Crippen LogP contribution in [0.25, 0.3) is 0 Å². The first-order valence-electron chi connectivity index (χ1n) is 6.09. The van der Waals surface area contributed by atoms with Gasteiger partial charge in [-0.2, -0.15) is 23.7 Å². The molecule has 0 unspecified atom stereocenters. The lowest BCUT2D eigenvalue weighted by Crippen LogP contribution is -2.29. The van der Waals surface area contributed by atoms with Gasteiger partial charge >= 0.3 is 6.18 Å². The average molecular weight is 280 g/mol. The van der Waals surface area contributed by atoms with Gasteiger partial charge in [-0.25, -0.2) is 4.98 Å². The average Bonchev–Trinajstić information content (AvgIpc) is 3.22. The number of nitriles is 2. The third kappa shape index (κ3) is 3.00. The minimum absolute atomic E-state index is 0.0278. The topological polar surface area (TPSA) is 63.7 Å². The number of halogens is 3. The van der Waals surface area contributed by atoms with Crippen molar-refractivity contribution in [2.75, 3.05) is 11.4 Å². The predicted molar refractivity (Wildman–Crippen MR) is 64.6 cm³/mol. The van der Waals surface area contributed by atoms with Crippen LogP contribution in [0.15, 0.2) is 12.1 Å². The van der Waals surface area contributed by atoms with E-state index in [0.29, 0.717) is 0 Å². The van der Waals surface area contributed by atoms with Crippen LogP contribution >= 0.6 is 0 Å². The van der Waals surface area contributed by atoms with Crippen molar-refractivity contribution < 1.29 is 13.2 Å². The Morgan fingerprint density at radius 1 is 1.30 bits per heavy atom. The van der Waals surface area contributed by atoms with Crippen LogP contribution in [-0.4, -0.2) is 17.6 Å². The van der Waals surface area contributed by atoms with E-state index in [1.807, 2.05) is 12.1 Å². The first kappa shape index (κ1) is 14.1. The van der Waals surface area contributed by atoms with E-state index in [4.69, 9.17) is 10.5 Å². The molecule has 0 aliphatic heterocycles. The fraction of sp³-hybridized carbons (Fsp3) is 0.462. The third-order valence-corrected chi connectivity index (χ3v) is 3.01. The highest BCUT2D eigenvalue weighted by Gasteiger charge is 2.36. The summed E-state index contributed by atoms with van der Waals surface area (Å²) in [6.07, 6.45) is -2.69. The molecule has 0 radical (unpaired) electrons. The maximum Gasteiger partial charge on any atom is 0.433 e. The smallest absolute Gasteiger partial charge is 0.351 e. The van der Waals surface area contributed by atoms with Crippen molar-refractivity contribution in [3.63, 3.8) is 0 Å². The van der Waals surface area contributed by atoms with Gasteiger partial charge in [-0.1, -0.05) is 0 Å². The fourth-order valence-electron chi connectivity index (χ4n) is 1.93. The normalized spacial score (nSPS) is 14.4. The molecule has 1 aliphatic rings. The maximum absolute atomic E-state index is 12.7. The van der Waals surface area contributed by atoms with Crippen molar-refractivity contribution in [3.05, 3.63) is 23.4 Å². The molecule has 0 bridgehead atoms. The SMILES string of the molecule is N#CCCN(c1nc(C(F)(F)F)ccc1C#N)C1CC1. The van der Waals surface area contributed by atoms with Crippen LogP contribution in [0.2, 0.25) is 0 Å². The number of rotatable bonds is 4. The van der Waals surface area contributed by atoms with Gasteiger partial charge in [0, 0.05) is 12.6 Å². The highest BCUT2D eigenvalue weighted by molar-refractivity contribution is 5.56. The number of pyridine rings is 1. The van der Waals surface area contributed by atoms with Crippen LogP contribution in [0, 0.1) is 22.7 Å². The van der Waals surface area contributed by atoms with Crippen molar-refractivity contribution in [1.29, 1.82) is 10.5 Å². The molecule has 104 valence electrons. The number of alkyl halides is 3. The highest BCUT2D eigenvalue weighted by Crippen LogP contribution is 2.35. The molecular weight excluding hydrogens is 269 g/mol. The molecular formula is C13H11F3N4. The van der Waals surface area contributed by atoms with Crippen LogP contribution in [0.4, 0.5) is 19.0 Å². The molecule has 0 spiro atoms. The molecule has 0 aromatic carbocycles. The van der Waals surface area contributed by atoms with Crippen LogP contribution < -0.4 is 4.90 Å². The molecule has 0 amide bonds. The van der Waals surface area contributed by atoms with Crippen LogP contribution in [0.1, 0.15) is 30.5 Å². The van der Waals surface area contributed by atoms with Crippen molar-refractivity contribution in [2.24, 2.45) is 0 Å². The van der Waals surface area contributed by atoms with Crippen molar-refractivity contribution in [2.45, 2.75) is 31.5 Å². The van der Waals surface area contributed by atoms with E-state index in [2.05, 4.69) is 4.98 Å². The Labute approximate surface area is 114 Å². The number of hydrogen-bond donors (Lipinski definition) is 0. The summed E-state index contributed by atoms with van der Waals surface area (Å²) in [5.74, 6) is 0.0278. The Bertz CT molecular complexity index is 579. The van der Waals surface area contributed by atoms with Gasteiger partial charge in [0.25, 0.3) is 0 Å². The molecule has 1 aromatic heterocycles. The molecule has 4 nitrogen and oxygen atoms in total. The Morgan fingerprint density at radius 2 is 2.00 bits per heavy atom. The lowest BCUT2D eigenvalue weighted by Gasteiger charge is -2.24. The number of anilines is 1. The molecule has 1 saturated carbocycles. The number of hydrogen-bond acceptors (Lipinski definition) is 4. The Kier molecular flexibility index (Phi) is 3.80. The zero-order valence-electron chi connectivity index (χ0n) is 10.5. The summed E-state index contributed by atoms with van der Waals surface area (Å²) in [5, 5.41) is 17.7. The highest BCUT2D eigenvalue weighted by atomic mass is 19.4. The monoisotopic (exact) mass is 280 g/mol. The molecule has 2 rings (SSSR count). The summed E-state index contributed by atoms with van der Waals surface area (Å²) in [6, 6.07) is 5.83. The second kappa shape index (κ2) is 5.38. The lowest BCUT2D eigenvalue weighted by atomic mass is 10.2. The van der Waals surface area contributed by atoms with E-state index in [9.17, 15) is 13.2 Å². The summed E-state index contributed by atoms with van der Waals surface area (Å²) < 4.78 is 38.2. The first-order valence-corrected chi connectivity index (χ1v) is 6.09. The molecule has 20 heavy (non-hydrogen) atoms. The quantitative estimate of drug-likeness (QED) is 0.850. The molecule has 0 saturated heterocycles. The number of aromatic nitrogens is 1. The van der Waals surface area contributed by atoms with E-state index in [1.54, 1.807) is 4.90 Å². The minimum Gasteiger partial charge on any atom is -0.351 e. The zero-order chi connectivity index (χ0) is 14.8. The van der Waals surface area contributed by atoms with Crippen molar-refractivity contribution in [1.82, 2.24) is 4.98 Å². The lowest BCUT2D eigenvalue weighted by molar-refractivity contribution is -0.141. The van der Waals surface area contributed by atoms with Gasteiger partial charge in [-0.05, 0) is 25.0 Å². The van der Waals surface area contributed by atoms with E-state index in [1.165, 1.54) is 0 Å². The van der Waals surface area contributed by atoms with Crippen molar-refractivity contribution in [3.8, 4) is 12.1 Å². The zero-order valence-corrected chi connectivity index (χ0v) is 10.5. The minimum atomic E-state index is -4.55. The molecule has 1 heterocycles. The second-order valence-corrected chi connectivity index (χ2v) is 4.51. The van der Waals surface area contributed by atoms with E-state index in [-0.39, 0.29) is 30.4 Å². The molecule has 0 atom stereocenters. The van der Waals surface area contributed by atoms with E-state index < -0.39 is 11.9 Å². The summed E-state index contributed by atoms with van der Waals surface area (Å²) in [6.45, 7) is 0.282. The van der Waals surface area contributed by atoms with Gasteiger partial charge in [0.1, 0.15) is 17.6 Å². The van der Waals surface area contributed by atoms with Crippen LogP contribution in [-0.2, 0) is 6.18 Å². The van der Waals surface area contributed by atoms with Gasteiger partial charge in [-0.3, -0.25) is 0 Å². The van der Waals surface area contributed by atoms with Gasteiger partial charge in [-0.15, -0.1) is 0 Å². The van der Waals surface area contributed by atoms with E-state index >= 15 is 0 Å². The summed E-state index contributed by atoms with van der Waals surface area (Å²) in [7, 11) is 0. The molecule has 0 N–H and O–H groups in total. The van der Waals surface area contributed by atoms with Gasteiger partial charge < -0.3 is 4.90 Å².